The van der Waals surface area contributed by atoms with Gasteiger partial charge >= 0.3 is 0 Å². The molecule has 1 spiro atoms. The Bertz CT molecular complexity index is 776. The molecule has 4 rings (SSSR count). The highest BCUT2D eigenvalue weighted by Crippen LogP contribution is 2.42. The van der Waals surface area contributed by atoms with Gasteiger partial charge in [0.05, 0.1) is 11.5 Å². The van der Waals surface area contributed by atoms with Crippen LogP contribution in [0.5, 0.6) is 0 Å². The first kappa shape index (κ1) is 13.9. The lowest BCUT2D eigenvalue weighted by atomic mass is 9.74. The molecule has 0 aliphatic carbocycles. The van der Waals surface area contributed by atoms with E-state index >= 15 is 0 Å². The Kier molecular flexibility index (Phi) is 3.11. The number of hydrogen-bond donors (Lipinski definition) is 0. The van der Waals surface area contributed by atoms with E-state index in [1.807, 2.05) is 12.1 Å². The average molecular weight is 321 g/mol. The smallest absolute Gasteiger partial charge is 0.177 e. The van der Waals surface area contributed by atoms with E-state index in [0.29, 0.717) is 11.5 Å². The highest BCUT2D eigenvalue weighted by atomic mass is 32.2. The second kappa shape index (κ2) is 4.91. The van der Waals surface area contributed by atoms with Gasteiger partial charge in [0.15, 0.2) is 5.65 Å². The van der Waals surface area contributed by atoms with E-state index in [1.54, 1.807) is 10.8 Å². The van der Waals surface area contributed by atoms with Gasteiger partial charge in [0.25, 0.3) is 0 Å². The Labute approximate surface area is 129 Å². The monoisotopic (exact) mass is 321 g/mol. The molecule has 0 amide bonds. The van der Waals surface area contributed by atoms with Crippen LogP contribution in [0.1, 0.15) is 25.7 Å². The van der Waals surface area contributed by atoms with Crippen LogP contribution in [0.25, 0.3) is 5.65 Å². The summed E-state index contributed by atoms with van der Waals surface area (Å²) < 4.78 is 24.9. The molecular formula is C14H19N5O2S. The maximum atomic E-state index is 11.6. The van der Waals surface area contributed by atoms with Crippen molar-refractivity contribution < 1.29 is 8.42 Å². The fourth-order valence-corrected chi connectivity index (χ4v) is 5.26. The molecule has 2 aliphatic rings. The highest BCUT2D eigenvalue weighted by molar-refractivity contribution is 7.91. The van der Waals surface area contributed by atoms with E-state index in [2.05, 4.69) is 20.2 Å². The molecule has 2 fully saturated rings. The molecule has 22 heavy (non-hydrogen) atoms. The van der Waals surface area contributed by atoms with Crippen LogP contribution in [0.2, 0.25) is 0 Å². The lowest BCUT2D eigenvalue weighted by Gasteiger charge is -2.44. The van der Waals surface area contributed by atoms with Crippen molar-refractivity contribution in [2.75, 3.05) is 29.5 Å². The number of hydrogen-bond acceptors (Lipinski definition) is 6. The summed E-state index contributed by atoms with van der Waals surface area (Å²) in [6.07, 6.45) is 5.34. The fraction of sp³-hybridized carbons (Fsp3) is 0.643. The number of fused-ring (bicyclic) bond motifs is 1. The number of nitrogens with zero attached hydrogens (tertiary/aromatic N) is 5. The van der Waals surface area contributed by atoms with Gasteiger partial charge in [0.1, 0.15) is 22.0 Å². The van der Waals surface area contributed by atoms with E-state index in [9.17, 15) is 8.42 Å². The van der Waals surface area contributed by atoms with Crippen LogP contribution in [0, 0.1) is 5.41 Å². The predicted molar refractivity (Wildman–Crippen MR) is 82.5 cm³/mol. The van der Waals surface area contributed by atoms with Crippen LogP contribution in [-0.2, 0) is 9.84 Å². The number of sulfone groups is 1. The molecule has 0 aromatic carbocycles. The number of rotatable bonds is 1. The average Bonchev–Trinajstić information content (AvgIpc) is 2.99. The van der Waals surface area contributed by atoms with Crippen LogP contribution in [0.3, 0.4) is 0 Å². The minimum absolute atomic E-state index is 0.225. The van der Waals surface area contributed by atoms with E-state index in [0.717, 1.165) is 50.2 Å². The Balaban J connectivity index is 1.47. The third-order valence-electron chi connectivity index (χ3n) is 5.18. The van der Waals surface area contributed by atoms with Crippen molar-refractivity contribution in [1.29, 1.82) is 0 Å². The first-order chi connectivity index (χ1) is 10.6. The third kappa shape index (κ3) is 2.45. The minimum atomic E-state index is -2.78. The molecular weight excluding hydrogens is 302 g/mol. The summed E-state index contributed by atoms with van der Waals surface area (Å²) in [7, 11) is -2.78. The van der Waals surface area contributed by atoms with Gasteiger partial charge in [-0.05, 0) is 43.2 Å². The number of anilines is 1. The lowest BCUT2D eigenvalue weighted by molar-refractivity contribution is 0.194. The van der Waals surface area contributed by atoms with Crippen molar-refractivity contribution in [1.82, 2.24) is 19.8 Å². The van der Waals surface area contributed by atoms with Crippen molar-refractivity contribution in [2.24, 2.45) is 5.41 Å². The molecule has 2 saturated heterocycles. The SMILES string of the molecule is O=S1(=O)CCC2(CCN(c3ccc4nncn4n3)CC2)CC1. The van der Waals surface area contributed by atoms with Crippen molar-refractivity contribution >= 4 is 21.3 Å². The zero-order chi connectivity index (χ0) is 15.2. The van der Waals surface area contributed by atoms with Gasteiger partial charge in [-0.1, -0.05) is 0 Å². The first-order valence-electron chi connectivity index (χ1n) is 7.68. The molecule has 4 heterocycles. The van der Waals surface area contributed by atoms with Gasteiger partial charge in [0, 0.05) is 13.1 Å². The van der Waals surface area contributed by atoms with Crippen molar-refractivity contribution in [3.05, 3.63) is 18.5 Å². The van der Waals surface area contributed by atoms with Crippen molar-refractivity contribution in [3.63, 3.8) is 0 Å². The minimum Gasteiger partial charge on any atom is -0.355 e. The van der Waals surface area contributed by atoms with Crippen molar-refractivity contribution in [3.8, 4) is 0 Å². The predicted octanol–water partition coefficient (Wildman–Crippen LogP) is 0.919. The summed E-state index contributed by atoms with van der Waals surface area (Å²) in [5.74, 6) is 1.65. The van der Waals surface area contributed by atoms with Crippen LogP contribution >= 0.6 is 0 Å². The Morgan fingerprint density at radius 2 is 1.77 bits per heavy atom. The Morgan fingerprint density at radius 3 is 2.50 bits per heavy atom. The zero-order valence-electron chi connectivity index (χ0n) is 12.3. The normalized spacial score (nSPS) is 23.9. The largest absolute Gasteiger partial charge is 0.355 e. The molecule has 0 bridgehead atoms. The summed E-state index contributed by atoms with van der Waals surface area (Å²) >= 11 is 0. The maximum Gasteiger partial charge on any atom is 0.177 e. The van der Waals surface area contributed by atoms with E-state index in [-0.39, 0.29) is 5.41 Å². The molecule has 0 N–H and O–H groups in total. The van der Waals surface area contributed by atoms with Gasteiger partial charge in [-0.15, -0.1) is 15.3 Å². The first-order valence-corrected chi connectivity index (χ1v) is 9.50. The van der Waals surface area contributed by atoms with Crippen molar-refractivity contribution in [2.45, 2.75) is 25.7 Å². The van der Waals surface area contributed by atoms with Crippen LogP contribution < -0.4 is 4.90 Å². The summed E-state index contributed by atoms with van der Waals surface area (Å²) in [6, 6.07) is 3.90. The second-order valence-electron chi connectivity index (χ2n) is 6.46. The van der Waals surface area contributed by atoms with Gasteiger partial charge in [0.2, 0.25) is 0 Å². The molecule has 0 unspecified atom stereocenters. The summed E-state index contributed by atoms with van der Waals surface area (Å²) in [5, 5.41) is 12.3. The maximum absolute atomic E-state index is 11.6. The van der Waals surface area contributed by atoms with Crippen LogP contribution in [-0.4, -0.2) is 52.8 Å². The van der Waals surface area contributed by atoms with E-state index < -0.39 is 9.84 Å². The molecule has 7 nitrogen and oxygen atoms in total. The van der Waals surface area contributed by atoms with Gasteiger partial charge < -0.3 is 4.90 Å². The summed E-state index contributed by atoms with van der Waals surface area (Å²) in [5.41, 5.74) is 0.970. The van der Waals surface area contributed by atoms with E-state index in [1.165, 1.54) is 0 Å². The Morgan fingerprint density at radius 1 is 1.05 bits per heavy atom. The number of piperidine rings is 1. The quantitative estimate of drug-likeness (QED) is 0.777. The Hall–Kier alpha value is -1.70. The van der Waals surface area contributed by atoms with Crippen LogP contribution in [0.4, 0.5) is 5.82 Å². The van der Waals surface area contributed by atoms with Crippen LogP contribution in [0.15, 0.2) is 18.5 Å². The molecule has 0 radical (unpaired) electrons. The van der Waals surface area contributed by atoms with Gasteiger partial charge in [-0.2, -0.15) is 4.52 Å². The summed E-state index contributed by atoms with van der Waals surface area (Å²) in [6.45, 7) is 1.86. The third-order valence-corrected chi connectivity index (χ3v) is 6.83. The van der Waals surface area contributed by atoms with Gasteiger partial charge in [-0.3, -0.25) is 0 Å². The standard InChI is InChI=1S/C14H19N5O2S/c20-22(21)9-5-14(6-10-22)3-7-18(8-4-14)13-2-1-12-16-15-11-19(12)17-13/h1-2,11H,3-10H2. The molecule has 0 saturated carbocycles. The fourth-order valence-electron chi connectivity index (χ4n) is 3.57. The molecule has 8 heteroatoms. The zero-order valence-corrected chi connectivity index (χ0v) is 13.2. The lowest BCUT2D eigenvalue weighted by Crippen LogP contribution is -2.44. The van der Waals surface area contributed by atoms with E-state index in [4.69, 9.17) is 0 Å². The molecule has 2 aromatic heterocycles. The molecule has 0 atom stereocenters. The summed E-state index contributed by atoms with van der Waals surface area (Å²) in [4.78, 5) is 2.27. The molecule has 118 valence electrons. The van der Waals surface area contributed by atoms with Gasteiger partial charge in [-0.25, -0.2) is 8.42 Å². The number of aromatic nitrogens is 4. The molecule has 2 aromatic rings. The molecule has 2 aliphatic heterocycles. The topological polar surface area (TPSA) is 80.5 Å². The second-order valence-corrected chi connectivity index (χ2v) is 8.77. The highest BCUT2D eigenvalue weighted by Gasteiger charge is 2.39.